The molecule has 1 amide bonds. The largest absolute Gasteiger partial charge is 0.345 e. The smallest absolute Gasteiger partial charge is 0.251 e. The number of hydrogen-bond acceptors (Lipinski definition) is 3. The summed E-state index contributed by atoms with van der Waals surface area (Å²) in [4.78, 5) is 12.8. The summed E-state index contributed by atoms with van der Waals surface area (Å²) in [7, 11) is -3.54. The first kappa shape index (κ1) is 16.6. The Kier molecular flexibility index (Phi) is 3.86. The molecule has 1 aliphatic heterocycles. The van der Waals surface area contributed by atoms with Crippen LogP contribution in [0.1, 0.15) is 52.5 Å². The molecule has 5 nitrogen and oxygen atoms in total. The Morgan fingerprint density at radius 1 is 1.20 bits per heavy atom. The number of hydrogen-bond donors (Lipinski definition) is 2. The molecule has 7 heteroatoms. The van der Waals surface area contributed by atoms with Crippen molar-refractivity contribution in [2.24, 2.45) is 0 Å². The maximum Gasteiger partial charge on any atom is 0.251 e. The molecule has 0 saturated heterocycles. The molecule has 1 heterocycles. The second-order valence-electron chi connectivity index (χ2n) is 6.50. The first-order valence-corrected chi connectivity index (χ1v) is 9.97. The standard InChI is InChI=1S/C18H17ClN2O3S/c1-10-14-5-2-12(9-17(14)25(23,24)21-10)18(22)20-16-7-3-11-8-13(19)4-6-15(11)16/h2,4-6,8-10,16,21H,3,7H2,1H3,(H,20,22)/t10-,16-/m1/s1. The molecule has 0 radical (unpaired) electrons. The molecular weight excluding hydrogens is 360 g/mol. The van der Waals surface area contributed by atoms with Gasteiger partial charge in [-0.05, 0) is 60.7 Å². The highest BCUT2D eigenvalue weighted by molar-refractivity contribution is 7.89. The normalized spacial score (nSPS) is 23.1. The van der Waals surface area contributed by atoms with Crippen LogP contribution in [0.2, 0.25) is 5.02 Å². The van der Waals surface area contributed by atoms with Crippen molar-refractivity contribution in [3.05, 3.63) is 63.7 Å². The highest BCUT2D eigenvalue weighted by atomic mass is 35.5. The molecule has 0 saturated carbocycles. The van der Waals surface area contributed by atoms with Gasteiger partial charge >= 0.3 is 0 Å². The SMILES string of the molecule is C[C@H]1NS(=O)(=O)c2cc(C(=O)N[C@@H]3CCc4cc(Cl)ccc43)ccc21. The average Bonchev–Trinajstić information content (AvgIpc) is 3.05. The van der Waals surface area contributed by atoms with Crippen LogP contribution in [0.3, 0.4) is 0 Å². The number of sulfonamides is 1. The molecule has 25 heavy (non-hydrogen) atoms. The van der Waals surface area contributed by atoms with E-state index in [1.807, 2.05) is 18.2 Å². The number of carbonyl (C=O) groups excluding carboxylic acids is 1. The van der Waals surface area contributed by atoms with Gasteiger partial charge in [-0.15, -0.1) is 0 Å². The van der Waals surface area contributed by atoms with E-state index in [2.05, 4.69) is 10.0 Å². The molecule has 2 atom stereocenters. The molecular formula is C18H17ClN2O3S. The molecule has 0 aromatic heterocycles. The van der Waals surface area contributed by atoms with E-state index in [0.29, 0.717) is 16.1 Å². The first-order valence-electron chi connectivity index (χ1n) is 8.10. The first-order chi connectivity index (χ1) is 11.8. The van der Waals surface area contributed by atoms with Crippen LogP contribution in [0.4, 0.5) is 0 Å². The van der Waals surface area contributed by atoms with Gasteiger partial charge in [0.15, 0.2) is 0 Å². The van der Waals surface area contributed by atoms with Crippen LogP contribution < -0.4 is 10.0 Å². The van der Waals surface area contributed by atoms with Crippen molar-refractivity contribution in [1.82, 2.24) is 10.0 Å². The fourth-order valence-corrected chi connectivity index (χ4v) is 5.35. The Bertz CT molecular complexity index is 988. The summed E-state index contributed by atoms with van der Waals surface area (Å²) < 4.78 is 26.8. The van der Waals surface area contributed by atoms with Gasteiger partial charge < -0.3 is 5.32 Å². The van der Waals surface area contributed by atoms with Crippen molar-refractivity contribution in [3.8, 4) is 0 Å². The lowest BCUT2D eigenvalue weighted by Gasteiger charge is -2.15. The minimum Gasteiger partial charge on any atom is -0.345 e. The third-order valence-corrected chi connectivity index (χ3v) is 6.68. The lowest BCUT2D eigenvalue weighted by atomic mass is 10.1. The van der Waals surface area contributed by atoms with Crippen molar-refractivity contribution < 1.29 is 13.2 Å². The summed E-state index contributed by atoms with van der Waals surface area (Å²) in [6.07, 6.45) is 1.67. The highest BCUT2D eigenvalue weighted by Crippen LogP contribution is 2.34. The summed E-state index contributed by atoms with van der Waals surface area (Å²) in [6.45, 7) is 1.78. The van der Waals surface area contributed by atoms with Gasteiger partial charge in [-0.3, -0.25) is 4.79 Å². The topological polar surface area (TPSA) is 75.3 Å². The lowest BCUT2D eigenvalue weighted by molar-refractivity contribution is 0.0936. The van der Waals surface area contributed by atoms with Crippen LogP contribution in [-0.2, 0) is 16.4 Å². The molecule has 130 valence electrons. The van der Waals surface area contributed by atoms with E-state index in [1.165, 1.54) is 6.07 Å². The zero-order valence-electron chi connectivity index (χ0n) is 13.5. The highest BCUT2D eigenvalue weighted by Gasteiger charge is 2.32. The van der Waals surface area contributed by atoms with Crippen LogP contribution in [0, 0.1) is 0 Å². The quantitative estimate of drug-likeness (QED) is 0.845. The monoisotopic (exact) mass is 376 g/mol. The zero-order chi connectivity index (χ0) is 17.8. The van der Waals surface area contributed by atoms with Crippen molar-refractivity contribution >= 4 is 27.5 Å². The predicted molar refractivity (Wildman–Crippen MR) is 95.2 cm³/mol. The van der Waals surface area contributed by atoms with Crippen LogP contribution in [0.25, 0.3) is 0 Å². The van der Waals surface area contributed by atoms with Gasteiger partial charge in [-0.1, -0.05) is 23.7 Å². The van der Waals surface area contributed by atoms with Gasteiger partial charge in [0.1, 0.15) is 0 Å². The van der Waals surface area contributed by atoms with E-state index in [9.17, 15) is 13.2 Å². The van der Waals surface area contributed by atoms with Crippen LogP contribution >= 0.6 is 11.6 Å². The summed E-state index contributed by atoms with van der Waals surface area (Å²) in [5.74, 6) is -0.273. The zero-order valence-corrected chi connectivity index (χ0v) is 15.1. The molecule has 0 bridgehead atoms. The van der Waals surface area contributed by atoms with E-state index in [4.69, 9.17) is 11.6 Å². The van der Waals surface area contributed by atoms with Crippen molar-refractivity contribution in [2.75, 3.05) is 0 Å². The van der Waals surface area contributed by atoms with Crippen molar-refractivity contribution in [1.29, 1.82) is 0 Å². The van der Waals surface area contributed by atoms with Crippen LogP contribution in [0.5, 0.6) is 0 Å². The fourth-order valence-electron chi connectivity index (χ4n) is 3.60. The van der Waals surface area contributed by atoms with E-state index in [1.54, 1.807) is 19.1 Å². The number of nitrogens with one attached hydrogen (secondary N) is 2. The van der Waals surface area contributed by atoms with Gasteiger partial charge in [0.25, 0.3) is 5.91 Å². The number of aryl methyl sites for hydroxylation is 1. The summed E-state index contributed by atoms with van der Waals surface area (Å²) >= 11 is 6.02. The van der Waals surface area contributed by atoms with Crippen LogP contribution in [0.15, 0.2) is 41.3 Å². The molecule has 2 N–H and O–H groups in total. The number of amides is 1. The lowest BCUT2D eigenvalue weighted by Crippen LogP contribution is -2.27. The maximum atomic E-state index is 12.6. The van der Waals surface area contributed by atoms with Gasteiger partial charge in [0, 0.05) is 16.6 Å². The molecule has 2 aromatic rings. The Hall–Kier alpha value is -1.89. The Balaban J connectivity index is 1.60. The summed E-state index contributed by atoms with van der Waals surface area (Å²) in [5, 5.41) is 3.69. The predicted octanol–water partition coefficient (Wildman–Crippen LogP) is 3.11. The third kappa shape index (κ3) is 2.84. The number of carbonyl (C=O) groups is 1. The van der Waals surface area contributed by atoms with Crippen molar-refractivity contribution in [2.45, 2.75) is 36.7 Å². The van der Waals surface area contributed by atoms with E-state index < -0.39 is 10.0 Å². The molecule has 4 rings (SSSR count). The Morgan fingerprint density at radius 2 is 1.96 bits per heavy atom. The number of fused-ring (bicyclic) bond motifs is 2. The second kappa shape index (κ2) is 5.83. The van der Waals surface area contributed by atoms with E-state index in [0.717, 1.165) is 24.0 Å². The fraction of sp³-hybridized carbons (Fsp3) is 0.278. The average molecular weight is 377 g/mol. The third-order valence-electron chi connectivity index (χ3n) is 4.85. The minimum atomic E-state index is -3.54. The number of benzene rings is 2. The molecule has 0 fully saturated rings. The Morgan fingerprint density at radius 3 is 2.76 bits per heavy atom. The maximum absolute atomic E-state index is 12.6. The summed E-state index contributed by atoms with van der Waals surface area (Å²) in [6, 6.07) is 10.2. The van der Waals surface area contributed by atoms with E-state index >= 15 is 0 Å². The summed E-state index contributed by atoms with van der Waals surface area (Å²) in [5.41, 5.74) is 3.26. The van der Waals surface area contributed by atoms with Gasteiger partial charge in [-0.25, -0.2) is 13.1 Å². The number of rotatable bonds is 2. The van der Waals surface area contributed by atoms with Gasteiger partial charge in [-0.2, -0.15) is 0 Å². The minimum absolute atomic E-state index is 0.0818. The van der Waals surface area contributed by atoms with E-state index in [-0.39, 0.29) is 22.9 Å². The van der Waals surface area contributed by atoms with Gasteiger partial charge in [0.2, 0.25) is 10.0 Å². The second-order valence-corrected chi connectivity index (χ2v) is 8.62. The molecule has 1 aliphatic carbocycles. The Labute approximate surface area is 151 Å². The number of halogens is 1. The molecule has 0 spiro atoms. The van der Waals surface area contributed by atoms with Crippen LogP contribution in [-0.4, -0.2) is 14.3 Å². The molecule has 2 aliphatic rings. The van der Waals surface area contributed by atoms with Crippen molar-refractivity contribution in [3.63, 3.8) is 0 Å². The molecule has 0 unspecified atom stereocenters. The molecule has 2 aromatic carbocycles. The van der Waals surface area contributed by atoms with Gasteiger partial charge in [0.05, 0.1) is 10.9 Å².